The van der Waals surface area contributed by atoms with Crippen molar-refractivity contribution in [3.63, 3.8) is 0 Å². The average molecular weight is 358 g/mol. The fourth-order valence-corrected chi connectivity index (χ4v) is 3.82. The lowest BCUT2D eigenvalue weighted by atomic mass is 10.0. The van der Waals surface area contributed by atoms with Gasteiger partial charge in [-0.2, -0.15) is 17.6 Å². The number of benzene rings is 2. The summed E-state index contributed by atoms with van der Waals surface area (Å²) in [4.78, 5) is 11.3. The molecule has 4 N–H and O–H groups in total. The maximum absolute atomic E-state index is 12.8. The number of carbonyl (C=O) groups excluding carboxylic acids is 1. The fraction of sp³-hybridized carbons (Fsp3) is 0.176. The summed E-state index contributed by atoms with van der Waals surface area (Å²) in [5.41, 5.74) is 13.0. The number of primary amides is 1. The minimum absolute atomic E-state index is 0.169. The van der Waals surface area contributed by atoms with Crippen molar-refractivity contribution in [3.8, 4) is 0 Å². The van der Waals surface area contributed by atoms with E-state index >= 15 is 0 Å². The largest absolute Gasteiger partial charge is 0.368 e. The summed E-state index contributed by atoms with van der Waals surface area (Å²) in [5.74, 6) is -0.585. The van der Waals surface area contributed by atoms with Gasteiger partial charge in [-0.15, -0.1) is 0 Å². The molecule has 1 atom stereocenters. The van der Waals surface area contributed by atoms with E-state index < -0.39 is 22.0 Å². The number of aryl methyl sites for hydroxylation is 1. The van der Waals surface area contributed by atoms with Gasteiger partial charge < -0.3 is 11.5 Å². The molecule has 0 bridgehead atoms. The molecule has 1 heterocycles. The highest BCUT2D eigenvalue weighted by molar-refractivity contribution is 7.90. The van der Waals surface area contributed by atoms with E-state index in [1.165, 1.54) is 6.20 Å². The van der Waals surface area contributed by atoms with E-state index in [0.717, 1.165) is 15.2 Å². The quantitative estimate of drug-likeness (QED) is 0.703. The monoisotopic (exact) mass is 358 g/mol. The molecule has 3 rings (SSSR count). The molecule has 3 aromatic rings. The van der Waals surface area contributed by atoms with Crippen LogP contribution in [0.5, 0.6) is 0 Å². The van der Waals surface area contributed by atoms with Crippen LogP contribution in [0.3, 0.4) is 0 Å². The number of nitrogens with two attached hydrogens (primary N) is 2. The van der Waals surface area contributed by atoms with Crippen LogP contribution in [0, 0.1) is 6.92 Å². The van der Waals surface area contributed by atoms with Crippen molar-refractivity contribution in [3.05, 3.63) is 59.8 Å². The molecule has 0 saturated heterocycles. The Kier molecular flexibility index (Phi) is 4.32. The lowest BCUT2D eigenvalue weighted by molar-refractivity contribution is -0.119. The smallest absolute Gasteiger partial charge is 0.283 e. The van der Waals surface area contributed by atoms with Gasteiger partial charge in [0.05, 0.1) is 22.7 Å². The normalized spacial score (nSPS) is 13.0. The lowest BCUT2D eigenvalue weighted by Gasteiger charge is -2.08. The molecule has 0 fully saturated rings. The predicted octanol–water partition coefficient (Wildman–Crippen LogP) is 0.937. The van der Waals surface area contributed by atoms with Gasteiger partial charge in [-0.3, -0.25) is 4.79 Å². The second-order valence-corrected chi connectivity index (χ2v) is 7.68. The zero-order valence-electron chi connectivity index (χ0n) is 13.6. The third-order valence-electron chi connectivity index (χ3n) is 3.97. The third-order valence-corrected chi connectivity index (χ3v) is 5.58. The number of hydrogen-bond donors (Lipinski definition) is 2. The molecule has 1 amide bonds. The number of nitrogens with zero attached hydrogens (tertiary/aromatic N) is 2. The second-order valence-electron chi connectivity index (χ2n) is 5.91. The van der Waals surface area contributed by atoms with Crippen molar-refractivity contribution >= 4 is 26.8 Å². The van der Waals surface area contributed by atoms with Gasteiger partial charge in [0.25, 0.3) is 10.0 Å². The minimum Gasteiger partial charge on any atom is -0.368 e. The number of aromatic nitrogens is 2. The van der Waals surface area contributed by atoms with Gasteiger partial charge in [0.1, 0.15) is 0 Å². The molecule has 0 saturated carbocycles. The first kappa shape index (κ1) is 17.1. The second kappa shape index (κ2) is 6.30. The highest BCUT2D eigenvalue weighted by atomic mass is 32.2. The first-order valence-corrected chi connectivity index (χ1v) is 9.07. The number of rotatable bonds is 5. The van der Waals surface area contributed by atoms with Crippen molar-refractivity contribution < 1.29 is 13.2 Å². The van der Waals surface area contributed by atoms with E-state index in [9.17, 15) is 13.2 Å². The van der Waals surface area contributed by atoms with Gasteiger partial charge in [0.2, 0.25) is 5.91 Å². The van der Waals surface area contributed by atoms with Gasteiger partial charge in [-0.05, 0) is 43.2 Å². The van der Waals surface area contributed by atoms with Crippen LogP contribution in [-0.2, 0) is 21.2 Å². The maximum atomic E-state index is 12.8. The van der Waals surface area contributed by atoms with E-state index in [2.05, 4.69) is 5.10 Å². The molecule has 25 heavy (non-hydrogen) atoms. The first-order chi connectivity index (χ1) is 11.8. The molecule has 0 spiro atoms. The van der Waals surface area contributed by atoms with E-state index in [4.69, 9.17) is 11.5 Å². The molecule has 1 aromatic heterocycles. The van der Waals surface area contributed by atoms with Gasteiger partial charge in [-0.1, -0.05) is 23.8 Å². The molecule has 0 radical (unpaired) electrons. The summed E-state index contributed by atoms with van der Waals surface area (Å²) in [6, 6.07) is 10.9. The summed E-state index contributed by atoms with van der Waals surface area (Å²) < 4.78 is 26.6. The molecule has 7 nitrogen and oxygen atoms in total. The van der Waals surface area contributed by atoms with Crippen LogP contribution >= 0.6 is 0 Å². The molecule has 1 unspecified atom stereocenters. The zero-order valence-corrected chi connectivity index (χ0v) is 14.4. The van der Waals surface area contributed by atoms with E-state index in [1.807, 2.05) is 6.92 Å². The standard InChI is InChI=1S/C17H18N4O3S/c1-11-2-5-14(6-3-11)25(23,24)21-16-7-4-12(8-13(16)10-20-21)9-15(18)17(19)22/h2-8,10,15H,9,18H2,1H3,(H2,19,22). The summed E-state index contributed by atoms with van der Waals surface area (Å²) in [5, 5.41) is 4.67. The minimum atomic E-state index is -3.78. The van der Waals surface area contributed by atoms with Crippen LogP contribution < -0.4 is 11.5 Å². The Hall–Kier alpha value is -2.71. The van der Waals surface area contributed by atoms with Crippen molar-refractivity contribution in [2.45, 2.75) is 24.3 Å². The Labute approximate surface area is 145 Å². The van der Waals surface area contributed by atoms with Gasteiger partial charge in [0.15, 0.2) is 0 Å². The first-order valence-electron chi connectivity index (χ1n) is 7.63. The number of fused-ring (bicyclic) bond motifs is 1. The maximum Gasteiger partial charge on any atom is 0.283 e. The van der Waals surface area contributed by atoms with Crippen LogP contribution in [0.1, 0.15) is 11.1 Å². The summed E-state index contributed by atoms with van der Waals surface area (Å²) in [6.45, 7) is 1.89. The SMILES string of the molecule is Cc1ccc(S(=O)(=O)n2ncc3cc(CC(N)C(N)=O)ccc32)cc1. The van der Waals surface area contributed by atoms with E-state index in [-0.39, 0.29) is 11.3 Å². The van der Waals surface area contributed by atoms with E-state index in [1.54, 1.807) is 42.5 Å². The Morgan fingerprint density at radius 3 is 2.52 bits per heavy atom. The van der Waals surface area contributed by atoms with Crippen LogP contribution in [-0.4, -0.2) is 29.6 Å². The molecule has 0 aliphatic heterocycles. The van der Waals surface area contributed by atoms with Crippen LogP contribution in [0.4, 0.5) is 0 Å². The number of carbonyl (C=O) groups is 1. The molecule has 0 aliphatic rings. The Balaban J connectivity index is 2.01. The zero-order chi connectivity index (χ0) is 18.2. The fourth-order valence-electron chi connectivity index (χ4n) is 2.54. The van der Waals surface area contributed by atoms with Crippen molar-refractivity contribution in [2.75, 3.05) is 0 Å². The Morgan fingerprint density at radius 2 is 1.88 bits per heavy atom. The summed E-state index contributed by atoms with van der Waals surface area (Å²) in [7, 11) is -3.78. The highest BCUT2D eigenvalue weighted by Gasteiger charge is 2.20. The van der Waals surface area contributed by atoms with Gasteiger partial charge in [0, 0.05) is 5.39 Å². The van der Waals surface area contributed by atoms with Crippen LogP contribution in [0.2, 0.25) is 0 Å². The van der Waals surface area contributed by atoms with Crippen molar-refractivity contribution in [2.24, 2.45) is 11.5 Å². The number of amides is 1. The Bertz CT molecular complexity index is 1040. The van der Waals surface area contributed by atoms with E-state index in [0.29, 0.717) is 10.9 Å². The highest BCUT2D eigenvalue weighted by Crippen LogP contribution is 2.22. The molecule has 2 aromatic carbocycles. The van der Waals surface area contributed by atoms with Crippen molar-refractivity contribution in [1.82, 2.24) is 9.19 Å². The van der Waals surface area contributed by atoms with Gasteiger partial charge in [-0.25, -0.2) is 0 Å². The van der Waals surface area contributed by atoms with Crippen LogP contribution in [0.15, 0.2) is 53.6 Å². The van der Waals surface area contributed by atoms with Crippen molar-refractivity contribution in [1.29, 1.82) is 0 Å². The third kappa shape index (κ3) is 3.26. The molecule has 8 heteroatoms. The molecular weight excluding hydrogens is 340 g/mol. The molecule has 0 aliphatic carbocycles. The number of hydrogen-bond acceptors (Lipinski definition) is 5. The summed E-state index contributed by atoms with van der Waals surface area (Å²) >= 11 is 0. The summed E-state index contributed by atoms with van der Waals surface area (Å²) in [6.07, 6.45) is 1.75. The van der Waals surface area contributed by atoms with Gasteiger partial charge >= 0.3 is 0 Å². The molecular formula is C17H18N4O3S. The van der Waals surface area contributed by atoms with Crippen LogP contribution in [0.25, 0.3) is 10.9 Å². The average Bonchev–Trinajstić information content (AvgIpc) is 2.99. The topological polar surface area (TPSA) is 121 Å². The lowest BCUT2D eigenvalue weighted by Crippen LogP contribution is -2.38. The molecule has 130 valence electrons. The Morgan fingerprint density at radius 1 is 1.20 bits per heavy atom. The predicted molar refractivity (Wildman–Crippen MR) is 94.4 cm³/mol.